The van der Waals surface area contributed by atoms with Crippen LogP contribution in [0.25, 0.3) is 0 Å². The van der Waals surface area contributed by atoms with E-state index in [9.17, 15) is 4.79 Å². The van der Waals surface area contributed by atoms with Gasteiger partial charge in [-0.25, -0.2) is 0 Å². The topological polar surface area (TPSA) is 56.0 Å². The summed E-state index contributed by atoms with van der Waals surface area (Å²) >= 11 is 0. The number of nitrogens with zero attached hydrogens (tertiary/aromatic N) is 1. The summed E-state index contributed by atoms with van der Waals surface area (Å²) in [5, 5.41) is 0. The third-order valence-corrected chi connectivity index (χ3v) is 2.21. The number of nitrogens with two attached hydrogens (primary N) is 1. The van der Waals surface area contributed by atoms with Crippen molar-refractivity contribution in [3.63, 3.8) is 0 Å². The van der Waals surface area contributed by atoms with Crippen molar-refractivity contribution in [1.82, 2.24) is 4.98 Å². The van der Waals surface area contributed by atoms with E-state index in [1.807, 2.05) is 19.9 Å². The van der Waals surface area contributed by atoms with Crippen LogP contribution >= 0.6 is 0 Å². The first-order valence-corrected chi connectivity index (χ1v) is 4.36. The average molecular weight is 178 g/mol. The molecule has 0 radical (unpaired) electrons. The van der Waals surface area contributed by atoms with Crippen LogP contribution in [0.5, 0.6) is 0 Å². The van der Waals surface area contributed by atoms with Gasteiger partial charge >= 0.3 is 0 Å². The van der Waals surface area contributed by atoms with E-state index < -0.39 is 0 Å². The molecule has 0 fully saturated rings. The maximum Gasteiger partial charge on any atom is 0.225 e. The molecule has 1 heterocycles. The summed E-state index contributed by atoms with van der Waals surface area (Å²) in [6, 6.07) is 1.89. The average Bonchev–Trinajstić information content (AvgIpc) is 2.09. The molecule has 2 N–H and O–H groups in total. The molecule has 0 bridgehead atoms. The van der Waals surface area contributed by atoms with Crippen LogP contribution in [0, 0.1) is 6.92 Å². The zero-order chi connectivity index (χ0) is 9.84. The lowest BCUT2D eigenvalue weighted by Crippen LogP contribution is -2.21. The van der Waals surface area contributed by atoms with E-state index in [0.29, 0.717) is 0 Å². The minimum absolute atomic E-state index is 0.200. The molecule has 13 heavy (non-hydrogen) atoms. The van der Waals surface area contributed by atoms with Crippen molar-refractivity contribution < 1.29 is 4.79 Å². The molecule has 3 heteroatoms. The molecule has 1 aromatic rings. The largest absolute Gasteiger partial charge is 0.369 e. The molecule has 0 saturated carbocycles. The first-order chi connectivity index (χ1) is 6.16. The Morgan fingerprint density at radius 2 is 2.38 bits per heavy atom. The molecule has 0 aliphatic carbocycles. The fourth-order valence-corrected chi connectivity index (χ4v) is 1.42. The Hall–Kier alpha value is -1.38. The Morgan fingerprint density at radius 3 is 2.85 bits per heavy atom. The zero-order valence-corrected chi connectivity index (χ0v) is 7.95. The molecule has 0 spiro atoms. The lowest BCUT2D eigenvalue weighted by atomic mass is 9.94. The van der Waals surface area contributed by atoms with Crippen molar-refractivity contribution in [2.24, 2.45) is 5.73 Å². The van der Waals surface area contributed by atoms with E-state index in [1.54, 1.807) is 12.4 Å². The number of carbonyl (C=O) groups excluding carboxylic acids is 1. The standard InChI is InChI=1S/C10H14N2O/c1-3-8(10(11)13)9-6-12-5-4-7(9)2/h4-6,8H,3H2,1-2H3,(H2,11,13). The quantitative estimate of drug-likeness (QED) is 0.760. The van der Waals surface area contributed by atoms with Gasteiger partial charge < -0.3 is 5.73 Å². The van der Waals surface area contributed by atoms with Crippen LogP contribution in [-0.4, -0.2) is 10.9 Å². The van der Waals surface area contributed by atoms with Crippen molar-refractivity contribution >= 4 is 5.91 Å². The Morgan fingerprint density at radius 1 is 1.69 bits per heavy atom. The number of rotatable bonds is 3. The van der Waals surface area contributed by atoms with Gasteiger partial charge in [-0.3, -0.25) is 9.78 Å². The molecule has 0 aliphatic heterocycles. The van der Waals surface area contributed by atoms with Gasteiger partial charge in [0, 0.05) is 12.4 Å². The van der Waals surface area contributed by atoms with Crippen LogP contribution in [0.4, 0.5) is 0 Å². The third-order valence-electron chi connectivity index (χ3n) is 2.21. The highest BCUT2D eigenvalue weighted by atomic mass is 16.1. The van der Waals surface area contributed by atoms with Gasteiger partial charge in [-0.2, -0.15) is 0 Å². The van der Waals surface area contributed by atoms with Crippen molar-refractivity contribution in [1.29, 1.82) is 0 Å². The second-order valence-electron chi connectivity index (χ2n) is 3.10. The minimum atomic E-state index is -0.279. The van der Waals surface area contributed by atoms with Crippen molar-refractivity contribution in [3.05, 3.63) is 29.6 Å². The molecular formula is C10H14N2O. The molecule has 1 amide bonds. The summed E-state index contributed by atoms with van der Waals surface area (Å²) in [6.45, 7) is 3.91. The minimum Gasteiger partial charge on any atom is -0.369 e. The number of primary amides is 1. The summed E-state index contributed by atoms with van der Waals surface area (Å²) < 4.78 is 0. The Balaban J connectivity index is 3.04. The van der Waals surface area contributed by atoms with E-state index in [-0.39, 0.29) is 11.8 Å². The van der Waals surface area contributed by atoms with Crippen LogP contribution in [0.3, 0.4) is 0 Å². The van der Waals surface area contributed by atoms with E-state index in [4.69, 9.17) is 5.73 Å². The molecule has 1 aromatic heterocycles. The van der Waals surface area contributed by atoms with Crippen LogP contribution < -0.4 is 5.73 Å². The number of hydrogen-bond acceptors (Lipinski definition) is 2. The lowest BCUT2D eigenvalue weighted by Gasteiger charge is -2.12. The number of aryl methyl sites for hydroxylation is 1. The third kappa shape index (κ3) is 2.05. The van der Waals surface area contributed by atoms with Crippen molar-refractivity contribution in [2.45, 2.75) is 26.2 Å². The predicted molar refractivity (Wildman–Crippen MR) is 51.2 cm³/mol. The van der Waals surface area contributed by atoms with Gasteiger partial charge in [0.15, 0.2) is 0 Å². The van der Waals surface area contributed by atoms with Gasteiger partial charge in [0.2, 0.25) is 5.91 Å². The highest BCUT2D eigenvalue weighted by molar-refractivity contribution is 5.82. The fraction of sp³-hybridized carbons (Fsp3) is 0.400. The summed E-state index contributed by atoms with van der Waals surface area (Å²) in [7, 11) is 0. The Labute approximate surface area is 78.0 Å². The van der Waals surface area contributed by atoms with E-state index >= 15 is 0 Å². The summed E-state index contributed by atoms with van der Waals surface area (Å²) in [6.07, 6.45) is 4.16. The molecule has 0 aliphatic rings. The van der Waals surface area contributed by atoms with Gasteiger partial charge in [-0.15, -0.1) is 0 Å². The van der Waals surface area contributed by atoms with Crippen molar-refractivity contribution in [3.8, 4) is 0 Å². The molecular weight excluding hydrogens is 164 g/mol. The smallest absolute Gasteiger partial charge is 0.225 e. The summed E-state index contributed by atoms with van der Waals surface area (Å²) in [5.41, 5.74) is 7.29. The second-order valence-corrected chi connectivity index (χ2v) is 3.10. The SMILES string of the molecule is CCC(C(N)=O)c1cnccc1C. The molecule has 3 nitrogen and oxygen atoms in total. The monoisotopic (exact) mass is 178 g/mol. The van der Waals surface area contributed by atoms with Gasteiger partial charge in [-0.1, -0.05) is 6.92 Å². The first kappa shape index (κ1) is 9.71. The van der Waals surface area contributed by atoms with Crippen LogP contribution in [0.1, 0.15) is 30.4 Å². The molecule has 1 unspecified atom stereocenters. The number of amides is 1. The molecule has 0 saturated heterocycles. The molecule has 70 valence electrons. The van der Waals surface area contributed by atoms with E-state index in [0.717, 1.165) is 17.5 Å². The molecule has 0 aromatic carbocycles. The highest BCUT2D eigenvalue weighted by Gasteiger charge is 2.17. The van der Waals surface area contributed by atoms with E-state index in [1.165, 1.54) is 0 Å². The Kier molecular flexibility index (Phi) is 3.01. The van der Waals surface area contributed by atoms with Gasteiger partial charge in [0.05, 0.1) is 5.92 Å². The molecule has 1 atom stereocenters. The van der Waals surface area contributed by atoms with Crippen molar-refractivity contribution in [2.75, 3.05) is 0 Å². The second kappa shape index (κ2) is 4.03. The Bertz CT molecular complexity index is 310. The maximum absolute atomic E-state index is 11.1. The van der Waals surface area contributed by atoms with Gasteiger partial charge in [0.25, 0.3) is 0 Å². The maximum atomic E-state index is 11.1. The fourth-order valence-electron chi connectivity index (χ4n) is 1.42. The predicted octanol–water partition coefficient (Wildman–Crippen LogP) is 1.37. The van der Waals surface area contributed by atoms with Gasteiger partial charge in [0.1, 0.15) is 0 Å². The van der Waals surface area contributed by atoms with Crippen LogP contribution in [0.2, 0.25) is 0 Å². The van der Waals surface area contributed by atoms with Crippen LogP contribution in [-0.2, 0) is 4.79 Å². The molecule has 1 rings (SSSR count). The zero-order valence-electron chi connectivity index (χ0n) is 7.95. The number of hydrogen-bond donors (Lipinski definition) is 1. The lowest BCUT2D eigenvalue weighted by molar-refractivity contribution is -0.119. The number of pyridine rings is 1. The normalized spacial score (nSPS) is 12.5. The van der Waals surface area contributed by atoms with Gasteiger partial charge in [-0.05, 0) is 30.5 Å². The van der Waals surface area contributed by atoms with Crippen LogP contribution in [0.15, 0.2) is 18.5 Å². The summed E-state index contributed by atoms with van der Waals surface area (Å²) in [5.74, 6) is -0.479. The number of aromatic nitrogens is 1. The first-order valence-electron chi connectivity index (χ1n) is 4.36. The van der Waals surface area contributed by atoms with E-state index in [2.05, 4.69) is 4.98 Å². The highest BCUT2D eigenvalue weighted by Crippen LogP contribution is 2.21. The summed E-state index contributed by atoms with van der Waals surface area (Å²) in [4.78, 5) is 15.1. The number of carbonyl (C=O) groups is 1.